The third-order valence-electron chi connectivity index (χ3n) is 5.05. The first-order valence-electron chi connectivity index (χ1n) is 9.21. The van der Waals surface area contributed by atoms with Crippen molar-refractivity contribution in [3.8, 4) is 0 Å². The third kappa shape index (κ3) is 3.72. The highest BCUT2D eigenvalue weighted by Gasteiger charge is 2.23. The number of fused-ring (bicyclic) bond motifs is 1. The zero-order valence-corrected chi connectivity index (χ0v) is 15.4. The Hall–Kier alpha value is -3.09. The van der Waals surface area contributed by atoms with Gasteiger partial charge in [-0.1, -0.05) is 0 Å². The number of amides is 2. The molecule has 0 aliphatic carbocycles. The molecule has 0 atom stereocenters. The molecular weight excluding hydrogens is 342 g/mol. The molecule has 0 bridgehead atoms. The summed E-state index contributed by atoms with van der Waals surface area (Å²) in [7, 11) is 1.95. The standard InChI is InChI=1S/C20H23N5O2/c1-23-8-5-15(13-23)11-19(26)24-6-2-7-25(10-9-24)20(27)16-3-4-17-18(12-16)22-14-21-17/h3-5,8,12-14H,2,6-7,9-11H2,1H3,(H,21,22). The number of benzene rings is 1. The van der Waals surface area contributed by atoms with Crippen LogP contribution in [0, 0.1) is 0 Å². The maximum Gasteiger partial charge on any atom is 0.253 e. The van der Waals surface area contributed by atoms with Crippen LogP contribution in [0.15, 0.2) is 43.0 Å². The van der Waals surface area contributed by atoms with Crippen molar-refractivity contribution >= 4 is 22.8 Å². The van der Waals surface area contributed by atoms with Gasteiger partial charge < -0.3 is 19.4 Å². The maximum absolute atomic E-state index is 12.9. The maximum atomic E-state index is 12.9. The Morgan fingerprint density at radius 3 is 2.74 bits per heavy atom. The Balaban J connectivity index is 1.40. The van der Waals surface area contributed by atoms with Crippen molar-refractivity contribution in [1.29, 1.82) is 0 Å². The number of aryl methyl sites for hydroxylation is 1. The topological polar surface area (TPSA) is 74.2 Å². The summed E-state index contributed by atoms with van der Waals surface area (Å²) in [5, 5.41) is 0. The van der Waals surface area contributed by atoms with Gasteiger partial charge >= 0.3 is 0 Å². The lowest BCUT2D eigenvalue weighted by atomic mass is 10.1. The van der Waals surface area contributed by atoms with E-state index in [1.54, 1.807) is 6.33 Å². The second-order valence-electron chi connectivity index (χ2n) is 7.02. The first-order chi connectivity index (χ1) is 13.1. The Morgan fingerprint density at radius 2 is 1.93 bits per heavy atom. The van der Waals surface area contributed by atoms with Crippen LogP contribution in [0.2, 0.25) is 0 Å². The number of rotatable bonds is 3. The van der Waals surface area contributed by atoms with Crippen LogP contribution in [-0.4, -0.2) is 62.3 Å². The van der Waals surface area contributed by atoms with Gasteiger partial charge in [-0.2, -0.15) is 0 Å². The highest BCUT2D eigenvalue weighted by molar-refractivity contribution is 5.97. The average molecular weight is 365 g/mol. The molecular formula is C20H23N5O2. The smallest absolute Gasteiger partial charge is 0.253 e. The summed E-state index contributed by atoms with van der Waals surface area (Å²) >= 11 is 0. The van der Waals surface area contributed by atoms with Crippen LogP contribution in [0.5, 0.6) is 0 Å². The number of hydrogen-bond acceptors (Lipinski definition) is 3. The molecule has 7 heteroatoms. The van der Waals surface area contributed by atoms with E-state index < -0.39 is 0 Å². The number of nitrogens with one attached hydrogen (secondary N) is 1. The van der Waals surface area contributed by atoms with Gasteiger partial charge in [0.15, 0.2) is 0 Å². The van der Waals surface area contributed by atoms with Crippen molar-refractivity contribution in [1.82, 2.24) is 24.3 Å². The van der Waals surface area contributed by atoms with Gasteiger partial charge in [-0.25, -0.2) is 4.98 Å². The number of hydrogen-bond donors (Lipinski definition) is 1. The first kappa shape index (κ1) is 17.3. The minimum absolute atomic E-state index is 0.00357. The summed E-state index contributed by atoms with van der Waals surface area (Å²) in [5.74, 6) is 0.123. The molecule has 3 heterocycles. The van der Waals surface area contributed by atoms with Crippen LogP contribution >= 0.6 is 0 Å². The van der Waals surface area contributed by atoms with Gasteiger partial charge in [-0.05, 0) is 36.2 Å². The van der Waals surface area contributed by atoms with Crippen molar-refractivity contribution in [2.75, 3.05) is 26.2 Å². The number of aromatic nitrogens is 3. The number of imidazole rings is 1. The molecule has 1 aromatic carbocycles. The fourth-order valence-corrected chi connectivity index (χ4v) is 3.57. The zero-order chi connectivity index (χ0) is 18.8. The van der Waals surface area contributed by atoms with E-state index in [1.165, 1.54) is 0 Å². The van der Waals surface area contributed by atoms with Crippen LogP contribution < -0.4 is 0 Å². The summed E-state index contributed by atoms with van der Waals surface area (Å²) in [6.07, 6.45) is 6.74. The molecule has 1 fully saturated rings. The van der Waals surface area contributed by atoms with Crippen molar-refractivity contribution in [3.63, 3.8) is 0 Å². The summed E-state index contributed by atoms with van der Waals surface area (Å²) in [6.45, 7) is 2.48. The molecule has 1 saturated heterocycles. The molecule has 2 aromatic heterocycles. The van der Waals surface area contributed by atoms with Crippen LogP contribution in [0.25, 0.3) is 11.0 Å². The molecule has 4 rings (SSSR count). The third-order valence-corrected chi connectivity index (χ3v) is 5.05. The van der Waals surface area contributed by atoms with E-state index in [4.69, 9.17) is 0 Å². The molecule has 0 radical (unpaired) electrons. The largest absolute Gasteiger partial charge is 0.357 e. The molecule has 1 aliphatic rings. The van der Waals surface area contributed by atoms with Gasteiger partial charge in [-0.15, -0.1) is 0 Å². The Morgan fingerprint density at radius 1 is 1.11 bits per heavy atom. The number of H-pyrrole nitrogens is 1. The summed E-state index contributed by atoms with van der Waals surface area (Å²) in [6, 6.07) is 7.48. The van der Waals surface area contributed by atoms with Gasteiger partial charge in [0, 0.05) is 51.2 Å². The normalized spacial score (nSPS) is 15.1. The summed E-state index contributed by atoms with van der Waals surface area (Å²) < 4.78 is 1.95. The molecule has 2 amide bonds. The van der Waals surface area contributed by atoms with E-state index in [-0.39, 0.29) is 11.8 Å². The van der Waals surface area contributed by atoms with Crippen molar-refractivity contribution < 1.29 is 9.59 Å². The number of carbonyl (C=O) groups is 2. The van der Waals surface area contributed by atoms with E-state index in [9.17, 15) is 9.59 Å². The summed E-state index contributed by atoms with van der Waals surface area (Å²) in [4.78, 5) is 36.4. The molecule has 140 valence electrons. The van der Waals surface area contributed by atoms with Gasteiger partial charge in [0.1, 0.15) is 0 Å². The monoisotopic (exact) mass is 365 g/mol. The van der Waals surface area contributed by atoms with E-state index >= 15 is 0 Å². The highest BCUT2D eigenvalue weighted by Crippen LogP contribution is 2.15. The van der Waals surface area contributed by atoms with Gasteiger partial charge in [0.05, 0.1) is 23.8 Å². The van der Waals surface area contributed by atoms with Crippen molar-refractivity contribution in [3.05, 3.63) is 54.1 Å². The fraction of sp³-hybridized carbons (Fsp3) is 0.350. The quantitative estimate of drug-likeness (QED) is 0.769. The summed E-state index contributed by atoms with van der Waals surface area (Å²) in [5.41, 5.74) is 3.37. The molecule has 0 unspecified atom stereocenters. The predicted octanol–water partition coefficient (Wildman–Crippen LogP) is 1.82. The van der Waals surface area contributed by atoms with Gasteiger partial charge in [0.2, 0.25) is 5.91 Å². The molecule has 3 aromatic rings. The van der Waals surface area contributed by atoms with Crippen molar-refractivity contribution in [2.45, 2.75) is 12.8 Å². The Kier molecular flexibility index (Phi) is 4.66. The van der Waals surface area contributed by atoms with Crippen LogP contribution in [-0.2, 0) is 18.3 Å². The van der Waals surface area contributed by atoms with Crippen molar-refractivity contribution in [2.24, 2.45) is 7.05 Å². The number of carbonyl (C=O) groups excluding carboxylic acids is 2. The second kappa shape index (κ2) is 7.26. The lowest BCUT2D eigenvalue weighted by molar-refractivity contribution is -0.130. The molecule has 27 heavy (non-hydrogen) atoms. The lowest BCUT2D eigenvalue weighted by Gasteiger charge is -2.22. The molecule has 7 nitrogen and oxygen atoms in total. The van der Waals surface area contributed by atoms with Gasteiger partial charge in [0.25, 0.3) is 5.91 Å². The highest BCUT2D eigenvalue weighted by atomic mass is 16.2. The van der Waals surface area contributed by atoms with E-state index in [0.717, 1.165) is 23.0 Å². The molecule has 0 saturated carbocycles. The first-order valence-corrected chi connectivity index (χ1v) is 9.21. The van der Waals surface area contributed by atoms with E-state index in [1.807, 2.05) is 58.1 Å². The van der Waals surface area contributed by atoms with Crippen LogP contribution in [0.3, 0.4) is 0 Å². The second-order valence-corrected chi connectivity index (χ2v) is 7.02. The lowest BCUT2D eigenvalue weighted by Crippen LogP contribution is -2.38. The Bertz CT molecular complexity index is 974. The molecule has 0 spiro atoms. The number of nitrogens with zero attached hydrogens (tertiary/aromatic N) is 4. The average Bonchev–Trinajstić information content (AvgIpc) is 3.21. The van der Waals surface area contributed by atoms with E-state index in [2.05, 4.69) is 9.97 Å². The number of aromatic amines is 1. The molecule has 1 aliphatic heterocycles. The van der Waals surface area contributed by atoms with E-state index in [0.29, 0.717) is 38.2 Å². The minimum Gasteiger partial charge on any atom is -0.357 e. The predicted molar refractivity (Wildman–Crippen MR) is 102 cm³/mol. The van der Waals surface area contributed by atoms with Gasteiger partial charge in [-0.3, -0.25) is 9.59 Å². The van der Waals surface area contributed by atoms with Crippen LogP contribution in [0.1, 0.15) is 22.3 Å². The fourth-order valence-electron chi connectivity index (χ4n) is 3.57. The Labute approximate surface area is 157 Å². The zero-order valence-electron chi connectivity index (χ0n) is 15.4. The molecule has 1 N–H and O–H groups in total. The minimum atomic E-state index is 0.00357. The SMILES string of the molecule is Cn1ccc(CC(=O)N2CCCN(C(=O)c3ccc4nc[nH]c4c3)CC2)c1. The van der Waals surface area contributed by atoms with Crippen LogP contribution in [0.4, 0.5) is 0 Å².